The number of aromatic nitrogens is 2. The van der Waals surface area contributed by atoms with E-state index in [4.69, 9.17) is 5.26 Å². The molecule has 0 aliphatic carbocycles. The molecule has 0 radical (unpaired) electrons. The summed E-state index contributed by atoms with van der Waals surface area (Å²) in [4.78, 5) is 22.8. The van der Waals surface area contributed by atoms with Crippen LogP contribution < -0.4 is 5.32 Å². The Hall–Kier alpha value is -2.16. The molecule has 6 heteroatoms. The number of nitriles is 1. The van der Waals surface area contributed by atoms with E-state index in [0.29, 0.717) is 19.0 Å². The van der Waals surface area contributed by atoms with Crippen LogP contribution in [0.5, 0.6) is 0 Å². The molecule has 0 saturated carbocycles. The quantitative estimate of drug-likeness (QED) is 0.916. The molecular formula is C15H21N5O. The predicted octanol–water partition coefficient (Wildman–Crippen LogP) is 1.77. The van der Waals surface area contributed by atoms with Crippen LogP contribution in [0.2, 0.25) is 0 Å². The summed E-state index contributed by atoms with van der Waals surface area (Å²) in [6, 6.07) is 2.08. The van der Waals surface area contributed by atoms with E-state index >= 15 is 0 Å². The highest BCUT2D eigenvalue weighted by Gasteiger charge is 2.34. The number of carbonyl (C=O) groups excluding carboxylic acids is 1. The van der Waals surface area contributed by atoms with E-state index in [9.17, 15) is 4.79 Å². The Kier molecular flexibility index (Phi) is 4.41. The Morgan fingerprint density at radius 1 is 1.38 bits per heavy atom. The average Bonchev–Trinajstić information content (AvgIpc) is 2.54. The summed E-state index contributed by atoms with van der Waals surface area (Å²) in [5.74, 6) is 1.02. The van der Waals surface area contributed by atoms with Crippen molar-refractivity contribution in [2.75, 3.05) is 25.5 Å². The maximum Gasteiger partial charge on any atom is 0.242 e. The van der Waals surface area contributed by atoms with Crippen molar-refractivity contribution in [3.63, 3.8) is 0 Å². The van der Waals surface area contributed by atoms with E-state index in [2.05, 4.69) is 21.4 Å². The van der Waals surface area contributed by atoms with E-state index in [1.165, 1.54) is 0 Å². The lowest BCUT2D eigenvalue weighted by Gasteiger charge is -2.34. The van der Waals surface area contributed by atoms with Crippen LogP contribution >= 0.6 is 0 Å². The third-order valence-electron chi connectivity index (χ3n) is 3.95. The Bertz CT molecular complexity index is 555. The van der Waals surface area contributed by atoms with E-state index in [1.54, 1.807) is 31.1 Å². The molecule has 0 atom stereocenters. The average molecular weight is 287 g/mol. The highest BCUT2D eigenvalue weighted by molar-refractivity contribution is 5.84. The van der Waals surface area contributed by atoms with Crippen LogP contribution in [0, 0.1) is 16.7 Å². The van der Waals surface area contributed by atoms with Gasteiger partial charge in [0, 0.05) is 38.4 Å². The minimum absolute atomic E-state index is 0.0866. The Balaban J connectivity index is 2.04. The second-order valence-corrected chi connectivity index (χ2v) is 5.84. The Labute approximate surface area is 125 Å². The Morgan fingerprint density at radius 3 is 2.57 bits per heavy atom. The molecule has 1 aliphatic heterocycles. The number of anilines is 1. The third kappa shape index (κ3) is 3.13. The van der Waals surface area contributed by atoms with Crippen molar-refractivity contribution in [1.82, 2.24) is 14.9 Å². The molecule has 1 aromatic rings. The van der Waals surface area contributed by atoms with Crippen LogP contribution in [0.15, 0.2) is 12.4 Å². The maximum absolute atomic E-state index is 12.3. The number of carbonyl (C=O) groups is 1. The normalized spacial score (nSPS) is 16.4. The molecule has 2 rings (SSSR count). The van der Waals surface area contributed by atoms with Gasteiger partial charge in [0.25, 0.3) is 0 Å². The van der Waals surface area contributed by atoms with E-state index in [1.807, 2.05) is 7.05 Å². The fraction of sp³-hybridized carbons (Fsp3) is 0.600. The summed E-state index contributed by atoms with van der Waals surface area (Å²) in [7, 11) is 1.83. The van der Waals surface area contributed by atoms with Gasteiger partial charge < -0.3 is 10.2 Å². The highest BCUT2D eigenvalue weighted by Crippen LogP contribution is 2.31. The number of likely N-dealkylation sites (tertiary alicyclic amines) is 1. The van der Waals surface area contributed by atoms with Crippen molar-refractivity contribution in [2.24, 2.45) is 5.41 Å². The van der Waals surface area contributed by atoms with Gasteiger partial charge in [-0.15, -0.1) is 0 Å². The first-order valence-electron chi connectivity index (χ1n) is 7.19. The number of nitrogens with zero attached hydrogens (tertiary/aromatic N) is 4. The summed E-state index contributed by atoms with van der Waals surface area (Å²) in [6.45, 7) is 4.66. The van der Waals surface area contributed by atoms with Gasteiger partial charge in [-0.25, -0.2) is 4.98 Å². The summed E-state index contributed by atoms with van der Waals surface area (Å²) < 4.78 is 0. The van der Waals surface area contributed by atoms with Crippen molar-refractivity contribution in [3.05, 3.63) is 18.1 Å². The van der Waals surface area contributed by atoms with Gasteiger partial charge >= 0.3 is 0 Å². The van der Waals surface area contributed by atoms with Gasteiger partial charge in [0.1, 0.15) is 11.2 Å². The van der Waals surface area contributed by atoms with Gasteiger partial charge in [-0.1, -0.05) is 0 Å². The van der Waals surface area contributed by atoms with E-state index in [-0.39, 0.29) is 5.91 Å². The summed E-state index contributed by atoms with van der Waals surface area (Å²) in [6.07, 6.45) is 5.07. The molecule has 0 bridgehead atoms. The number of rotatable bonds is 3. The van der Waals surface area contributed by atoms with Crippen LogP contribution in [0.1, 0.15) is 38.3 Å². The van der Waals surface area contributed by atoms with E-state index in [0.717, 1.165) is 24.4 Å². The predicted molar refractivity (Wildman–Crippen MR) is 79.5 cm³/mol. The molecule has 0 unspecified atom stereocenters. The molecule has 0 spiro atoms. The van der Waals surface area contributed by atoms with Gasteiger partial charge in [0.2, 0.25) is 5.91 Å². The number of piperidine rings is 1. The van der Waals surface area contributed by atoms with Crippen LogP contribution in [0.4, 0.5) is 5.82 Å². The number of hydrogen-bond acceptors (Lipinski definition) is 5. The van der Waals surface area contributed by atoms with Crippen molar-refractivity contribution < 1.29 is 4.79 Å². The molecule has 1 amide bonds. The SMILES string of the molecule is CNc1nccnc1C1CCN(C(=O)C(C)(C)C#N)CC1. The minimum atomic E-state index is -0.949. The van der Waals surface area contributed by atoms with Crippen LogP contribution in [0.3, 0.4) is 0 Å². The first-order valence-corrected chi connectivity index (χ1v) is 7.19. The Morgan fingerprint density at radius 2 is 2.00 bits per heavy atom. The lowest BCUT2D eigenvalue weighted by molar-refractivity contribution is -0.138. The molecule has 2 heterocycles. The zero-order valence-electron chi connectivity index (χ0n) is 12.8. The molecule has 6 nitrogen and oxygen atoms in total. The molecule has 1 aliphatic rings. The minimum Gasteiger partial charge on any atom is -0.372 e. The first-order chi connectivity index (χ1) is 9.99. The molecular weight excluding hydrogens is 266 g/mol. The largest absolute Gasteiger partial charge is 0.372 e. The zero-order valence-corrected chi connectivity index (χ0v) is 12.8. The molecule has 1 N–H and O–H groups in total. The van der Waals surface area contributed by atoms with Crippen LogP contribution in [0.25, 0.3) is 0 Å². The second-order valence-electron chi connectivity index (χ2n) is 5.84. The second kappa shape index (κ2) is 6.08. The number of hydrogen-bond donors (Lipinski definition) is 1. The molecule has 1 aromatic heterocycles. The maximum atomic E-state index is 12.3. The summed E-state index contributed by atoms with van der Waals surface area (Å²) in [5, 5.41) is 12.1. The molecule has 112 valence electrons. The van der Waals surface area contributed by atoms with Crippen molar-refractivity contribution in [3.8, 4) is 6.07 Å². The summed E-state index contributed by atoms with van der Waals surface area (Å²) in [5.41, 5.74) is 0.0156. The smallest absolute Gasteiger partial charge is 0.242 e. The van der Waals surface area contributed by atoms with Gasteiger partial charge in [0.15, 0.2) is 0 Å². The molecule has 1 fully saturated rings. The fourth-order valence-electron chi connectivity index (χ4n) is 2.64. The number of nitrogens with one attached hydrogen (secondary N) is 1. The van der Waals surface area contributed by atoms with Gasteiger partial charge in [0.05, 0.1) is 11.8 Å². The molecule has 21 heavy (non-hydrogen) atoms. The van der Waals surface area contributed by atoms with E-state index < -0.39 is 5.41 Å². The van der Waals surface area contributed by atoms with Gasteiger partial charge in [-0.2, -0.15) is 5.26 Å². The topological polar surface area (TPSA) is 81.9 Å². The van der Waals surface area contributed by atoms with Gasteiger partial charge in [-0.3, -0.25) is 9.78 Å². The summed E-state index contributed by atoms with van der Waals surface area (Å²) >= 11 is 0. The number of amides is 1. The standard InChI is InChI=1S/C15H21N5O/c1-15(2,10-16)14(21)20-8-4-11(5-9-20)12-13(17-3)19-7-6-18-12/h6-7,11H,4-5,8-9H2,1-3H3,(H,17,19). The van der Waals surface area contributed by atoms with Crippen LogP contribution in [-0.4, -0.2) is 40.9 Å². The highest BCUT2D eigenvalue weighted by atomic mass is 16.2. The van der Waals surface area contributed by atoms with Crippen LogP contribution in [-0.2, 0) is 4.79 Å². The fourth-order valence-corrected chi connectivity index (χ4v) is 2.64. The third-order valence-corrected chi connectivity index (χ3v) is 3.95. The zero-order chi connectivity index (χ0) is 15.5. The van der Waals surface area contributed by atoms with Crippen molar-refractivity contribution >= 4 is 11.7 Å². The monoisotopic (exact) mass is 287 g/mol. The first kappa shape index (κ1) is 15.2. The lowest BCUT2D eigenvalue weighted by Crippen LogP contribution is -2.44. The van der Waals surface area contributed by atoms with Crippen molar-refractivity contribution in [1.29, 1.82) is 5.26 Å². The van der Waals surface area contributed by atoms with Gasteiger partial charge in [-0.05, 0) is 26.7 Å². The molecule has 1 saturated heterocycles. The van der Waals surface area contributed by atoms with Crippen molar-refractivity contribution in [2.45, 2.75) is 32.6 Å². The molecule has 0 aromatic carbocycles. The lowest BCUT2D eigenvalue weighted by atomic mass is 9.89.